The molecule has 0 fully saturated rings. The normalized spacial score (nSPS) is 10.8. The highest BCUT2D eigenvalue weighted by Gasteiger charge is 2.11. The lowest BCUT2D eigenvalue weighted by Crippen LogP contribution is -2.10. The van der Waals surface area contributed by atoms with Gasteiger partial charge >= 0.3 is 0 Å². The second kappa shape index (κ2) is 11.0. The van der Waals surface area contributed by atoms with Gasteiger partial charge in [0.15, 0.2) is 5.13 Å². The Morgan fingerprint density at radius 1 is 1.00 bits per heavy atom. The van der Waals surface area contributed by atoms with Crippen LogP contribution in [0.25, 0.3) is 11.3 Å². The Hall–Kier alpha value is -1.68. The fourth-order valence-corrected chi connectivity index (χ4v) is 3.77. The highest BCUT2D eigenvalue weighted by Crippen LogP contribution is 2.30. The van der Waals surface area contributed by atoms with Crippen molar-refractivity contribution in [3.63, 3.8) is 0 Å². The van der Waals surface area contributed by atoms with Crippen molar-refractivity contribution < 1.29 is 4.79 Å². The van der Waals surface area contributed by atoms with Crippen LogP contribution in [0, 0.1) is 6.92 Å². The second-order valence-corrected chi connectivity index (χ2v) is 7.77. The van der Waals surface area contributed by atoms with Crippen molar-refractivity contribution in [2.24, 2.45) is 0 Å². The first-order valence-electron chi connectivity index (χ1n) is 9.53. The van der Waals surface area contributed by atoms with Crippen LogP contribution < -0.4 is 5.32 Å². The molecule has 4 heteroatoms. The minimum Gasteiger partial charge on any atom is -0.302 e. The van der Waals surface area contributed by atoms with Gasteiger partial charge in [-0.25, -0.2) is 4.98 Å². The van der Waals surface area contributed by atoms with E-state index < -0.39 is 0 Å². The number of anilines is 1. The monoisotopic (exact) mass is 358 g/mol. The smallest absolute Gasteiger partial charge is 0.226 e. The van der Waals surface area contributed by atoms with Crippen LogP contribution in [0.5, 0.6) is 0 Å². The van der Waals surface area contributed by atoms with Crippen LogP contribution in [0.3, 0.4) is 0 Å². The molecule has 0 aliphatic carbocycles. The molecule has 0 bridgehead atoms. The summed E-state index contributed by atoms with van der Waals surface area (Å²) < 4.78 is 0. The molecule has 3 nitrogen and oxygen atoms in total. The van der Waals surface area contributed by atoms with Crippen LogP contribution in [0.4, 0.5) is 5.13 Å². The largest absolute Gasteiger partial charge is 0.302 e. The predicted molar refractivity (Wildman–Crippen MR) is 108 cm³/mol. The second-order valence-electron chi connectivity index (χ2n) is 6.56. The maximum absolute atomic E-state index is 12.1. The number of nitrogens with one attached hydrogen (secondary N) is 1. The number of aromatic nitrogens is 1. The highest BCUT2D eigenvalue weighted by atomic mass is 32.1. The van der Waals surface area contributed by atoms with Gasteiger partial charge in [0, 0.05) is 16.9 Å². The summed E-state index contributed by atoms with van der Waals surface area (Å²) in [5.74, 6) is 0.0827. The zero-order valence-corrected chi connectivity index (χ0v) is 16.3. The lowest BCUT2D eigenvalue weighted by Gasteiger charge is -2.02. The van der Waals surface area contributed by atoms with Crippen LogP contribution in [-0.2, 0) is 4.79 Å². The van der Waals surface area contributed by atoms with E-state index >= 15 is 0 Å². The van der Waals surface area contributed by atoms with Gasteiger partial charge in [0.1, 0.15) is 0 Å². The number of rotatable bonds is 11. The molecular formula is C21H30N2OS. The van der Waals surface area contributed by atoms with Crippen molar-refractivity contribution in [1.82, 2.24) is 4.98 Å². The minimum atomic E-state index is 0.0827. The topological polar surface area (TPSA) is 42.0 Å². The van der Waals surface area contributed by atoms with E-state index in [1.54, 1.807) is 11.3 Å². The van der Waals surface area contributed by atoms with Gasteiger partial charge in [0.05, 0.1) is 5.69 Å². The fraction of sp³-hybridized carbons (Fsp3) is 0.524. The molecule has 0 saturated heterocycles. The van der Waals surface area contributed by atoms with Crippen molar-refractivity contribution in [1.29, 1.82) is 0 Å². The van der Waals surface area contributed by atoms with E-state index in [9.17, 15) is 4.79 Å². The molecule has 0 unspecified atom stereocenters. The summed E-state index contributed by atoms with van der Waals surface area (Å²) >= 11 is 1.55. The predicted octanol–water partition coefficient (Wildman–Crippen LogP) is 6.59. The average molecular weight is 359 g/mol. The molecule has 0 atom stereocenters. The van der Waals surface area contributed by atoms with Gasteiger partial charge in [0.2, 0.25) is 5.91 Å². The first-order chi connectivity index (χ1) is 12.2. The minimum absolute atomic E-state index is 0.0827. The Bertz CT molecular complexity index is 637. The number of benzene rings is 1. The molecule has 2 aromatic rings. The summed E-state index contributed by atoms with van der Waals surface area (Å²) in [7, 11) is 0. The van der Waals surface area contributed by atoms with E-state index in [4.69, 9.17) is 0 Å². The van der Waals surface area contributed by atoms with Gasteiger partial charge in [0.25, 0.3) is 0 Å². The van der Waals surface area contributed by atoms with Gasteiger partial charge in [-0.05, 0) is 13.3 Å². The number of hydrogen-bond acceptors (Lipinski definition) is 3. The van der Waals surface area contributed by atoms with Crippen LogP contribution in [0.15, 0.2) is 30.3 Å². The van der Waals surface area contributed by atoms with E-state index in [0.717, 1.165) is 29.0 Å². The third-order valence-corrected chi connectivity index (χ3v) is 5.23. The number of amides is 1. The number of aryl methyl sites for hydroxylation is 1. The molecule has 1 heterocycles. The molecule has 0 saturated carbocycles. The lowest BCUT2D eigenvalue weighted by molar-refractivity contribution is -0.116. The number of carbonyl (C=O) groups is 1. The Morgan fingerprint density at radius 3 is 2.32 bits per heavy atom. The van der Waals surface area contributed by atoms with E-state index in [1.807, 2.05) is 37.3 Å². The van der Waals surface area contributed by atoms with Crippen molar-refractivity contribution in [3.8, 4) is 11.3 Å². The SMILES string of the molecule is CCCCCCCCCCC(=O)Nc1nc(-c2ccccc2)c(C)s1. The van der Waals surface area contributed by atoms with Crippen molar-refractivity contribution in [3.05, 3.63) is 35.2 Å². The summed E-state index contributed by atoms with van der Waals surface area (Å²) in [4.78, 5) is 17.8. The first kappa shape index (κ1) is 19.6. The standard InChI is InChI=1S/C21H30N2OS/c1-3-4-5-6-7-8-9-13-16-19(24)22-21-23-20(17(2)25-21)18-14-11-10-12-15-18/h10-12,14-15H,3-9,13,16H2,1-2H3,(H,22,23,24). The molecule has 1 N–H and O–H groups in total. The van der Waals surface area contributed by atoms with Gasteiger partial charge < -0.3 is 5.32 Å². The molecule has 0 aliphatic heterocycles. The molecule has 1 aromatic carbocycles. The molecule has 25 heavy (non-hydrogen) atoms. The van der Waals surface area contributed by atoms with Gasteiger partial charge in [-0.1, -0.05) is 82.2 Å². The number of carbonyl (C=O) groups excluding carboxylic acids is 1. The van der Waals surface area contributed by atoms with Crippen LogP contribution in [0.2, 0.25) is 0 Å². The van der Waals surface area contributed by atoms with E-state index in [-0.39, 0.29) is 5.91 Å². The summed E-state index contributed by atoms with van der Waals surface area (Å²) in [6, 6.07) is 10.1. The Balaban J connectivity index is 1.69. The van der Waals surface area contributed by atoms with Gasteiger partial charge in [-0.2, -0.15) is 0 Å². The summed E-state index contributed by atoms with van der Waals surface area (Å²) in [5.41, 5.74) is 2.06. The van der Waals surface area contributed by atoms with Crippen molar-refractivity contribution >= 4 is 22.4 Å². The number of hydrogen-bond donors (Lipinski definition) is 1. The van der Waals surface area contributed by atoms with Crippen LogP contribution in [0.1, 0.15) is 69.6 Å². The number of unbranched alkanes of at least 4 members (excludes halogenated alkanes) is 7. The van der Waals surface area contributed by atoms with E-state index in [0.29, 0.717) is 11.6 Å². The zero-order valence-electron chi connectivity index (χ0n) is 15.5. The highest BCUT2D eigenvalue weighted by molar-refractivity contribution is 7.16. The van der Waals surface area contributed by atoms with Gasteiger partial charge in [-0.3, -0.25) is 4.79 Å². The van der Waals surface area contributed by atoms with Crippen molar-refractivity contribution in [2.75, 3.05) is 5.32 Å². The molecule has 0 aliphatic rings. The molecule has 1 amide bonds. The van der Waals surface area contributed by atoms with E-state index in [1.165, 1.54) is 38.5 Å². The van der Waals surface area contributed by atoms with E-state index in [2.05, 4.69) is 17.2 Å². The zero-order chi connectivity index (χ0) is 17.9. The molecule has 0 radical (unpaired) electrons. The van der Waals surface area contributed by atoms with Crippen LogP contribution >= 0.6 is 11.3 Å². The average Bonchev–Trinajstić information content (AvgIpc) is 2.98. The van der Waals surface area contributed by atoms with Crippen LogP contribution in [-0.4, -0.2) is 10.9 Å². The molecule has 136 valence electrons. The molecule has 0 spiro atoms. The number of thiazole rings is 1. The maximum Gasteiger partial charge on any atom is 0.226 e. The Morgan fingerprint density at radius 2 is 1.64 bits per heavy atom. The summed E-state index contributed by atoms with van der Waals surface area (Å²) in [6.07, 6.45) is 10.6. The molecule has 1 aromatic heterocycles. The summed E-state index contributed by atoms with van der Waals surface area (Å²) in [5, 5.41) is 3.67. The van der Waals surface area contributed by atoms with Crippen molar-refractivity contribution in [2.45, 2.75) is 71.6 Å². The molecule has 2 rings (SSSR count). The Labute approximate surface area is 155 Å². The third kappa shape index (κ3) is 6.99. The quantitative estimate of drug-likeness (QED) is 0.460. The maximum atomic E-state index is 12.1. The number of nitrogens with zero attached hydrogens (tertiary/aromatic N) is 1. The molecular weight excluding hydrogens is 328 g/mol. The summed E-state index contributed by atoms with van der Waals surface area (Å²) in [6.45, 7) is 4.29. The fourth-order valence-electron chi connectivity index (χ4n) is 2.91. The lowest BCUT2D eigenvalue weighted by atomic mass is 10.1. The third-order valence-electron chi connectivity index (χ3n) is 4.35. The Kier molecular flexibility index (Phi) is 8.67. The first-order valence-corrected chi connectivity index (χ1v) is 10.3. The van der Waals surface area contributed by atoms with Gasteiger partial charge in [-0.15, -0.1) is 11.3 Å².